The van der Waals surface area contributed by atoms with Gasteiger partial charge >= 0.3 is 11.9 Å². The van der Waals surface area contributed by atoms with Crippen molar-refractivity contribution in [2.75, 3.05) is 14.2 Å². The Bertz CT molecular complexity index is 1140. The molecule has 1 aromatic carbocycles. The van der Waals surface area contributed by atoms with Crippen LogP contribution in [0.25, 0.3) is 12.2 Å². The highest BCUT2D eigenvalue weighted by atomic mass is 32.2. The Morgan fingerprint density at radius 2 is 1.21 bits per heavy atom. The molecule has 0 saturated heterocycles. The Balaban J connectivity index is 1.81. The van der Waals surface area contributed by atoms with Gasteiger partial charge in [-0.3, -0.25) is 0 Å². The number of ether oxygens (including phenoxy) is 2. The molecule has 0 saturated carbocycles. The number of hydrogen-bond donors (Lipinski definition) is 0. The zero-order chi connectivity index (χ0) is 24.5. The Morgan fingerprint density at radius 1 is 0.765 bits per heavy atom. The zero-order valence-electron chi connectivity index (χ0n) is 18.6. The van der Waals surface area contributed by atoms with E-state index in [1.165, 1.54) is 37.7 Å². The number of thioether (sulfide) groups is 4. The third kappa shape index (κ3) is 6.76. The number of rotatable bonds is 8. The molecule has 0 unspecified atom stereocenters. The normalized spacial score (nSPS) is 15.9. The van der Waals surface area contributed by atoms with Gasteiger partial charge in [-0.05, 0) is 41.5 Å². The predicted octanol–water partition coefficient (Wildman–Crippen LogP) is 7.50. The molecule has 0 bridgehead atoms. The molecular weight excluding hydrogens is 505 g/mol. The van der Waals surface area contributed by atoms with E-state index >= 15 is 0 Å². The molecule has 0 aromatic heterocycles. The predicted molar refractivity (Wildman–Crippen MR) is 150 cm³/mol. The lowest BCUT2D eigenvalue weighted by molar-refractivity contribution is -0.138. The first kappa shape index (κ1) is 26.1. The van der Waals surface area contributed by atoms with Crippen LogP contribution in [0, 0.1) is 0 Å². The smallest absolute Gasteiger partial charge is 0.346 e. The number of methoxy groups -OCH3 is 2. The first-order valence-corrected chi connectivity index (χ1v) is 13.2. The van der Waals surface area contributed by atoms with Gasteiger partial charge in [0, 0.05) is 9.81 Å². The van der Waals surface area contributed by atoms with Crippen LogP contribution in [0.15, 0.2) is 102 Å². The molecule has 34 heavy (non-hydrogen) atoms. The van der Waals surface area contributed by atoms with Crippen molar-refractivity contribution in [1.29, 1.82) is 0 Å². The van der Waals surface area contributed by atoms with Crippen LogP contribution in [-0.2, 0) is 19.1 Å². The van der Waals surface area contributed by atoms with Crippen molar-refractivity contribution in [2.24, 2.45) is 0 Å². The van der Waals surface area contributed by atoms with Crippen molar-refractivity contribution in [3.8, 4) is 0 Å². The minimum Gasteiger partial charge on any atom is -0.465 e. The molecule has 4 nitrogen and oxygen atoms in total. The molecule has 0 amide bonds. The number of esters is 2. The van der Waals surface area contributed by atoms with Gasteiger partial charge in [0.05, 0.1) is 22.7 Å². The van der Waals surface area contributed by atoms with Gasteiger partial charge in [0.15, 0.2) is 0 Å². The van der Waals surface area contributed by atoms with E-state index in [1.807, 2.05) is 36.4 Å². The van der Waals surface area contributed by atoms with E-state index in [1.54, 1.807) is 35.7 Å². The lowest BCUT2D eigenvalue weighted by Crippen LogP contribution is -2.08. The fraction of sp³-hybridized carbons (Fsp3) is 0.0769. The van der Waals surface area contributed by atoms with Gasteiger partial charge in [-0.1, -0.05) is 103 Å². The van der Waals surface area contributed by atoms with E-state index in [0.29, 0.717) is 0 Å². The summed E-state index contributed by atoms with van der Waals surface area (Å²) in [6.45, 7) is 7.50. The van der Waals surface area contributed by atoms with Crippen molar-refractivity contribution in [1.82, 2.24) is 0 Å². The van der Waals surface area contributed by atoms with Crippen molar-refractivity contribution >= 4 is 71.1 Å². The highest BCUT2D eigenvalue weighted by Gasteiger charge is 2.32. The summed E-state index contributed by atoms with van der Waals surface area (Å²) in [6, 6.07) is 8.06. The van der Waals surface area contributed by atoms with E-state index in [2.05, 4.69) is 37.5 Å². The number of benzene rings is 1. The average Bonchev–Trinajstić information content (AvgIpc) is 3.44. The van der Waals surface area contributed by atoms with Gasteiger partial charge in [-0.25, -0.2) is 9.59 Å². The van der Waals surface area contributed by atoms with Gasteiger partial charge in [0.1, 0.15) is 9.81 Å². The fourth-order valence-corrected chi connectivity index (χ4v) is 7.58. The largest absolute Gasteiger partial charge is 0.465 e. The summed E-state index contributed by atoms with van der Waals surface area (Å²) in [4.78, 5) is 27.0. The van der Waals surface area contributed by atoms with Crippen LogP contribution in [0.3, 0.4) is 0 Å². The number of allylic oxidation sites excluding steroid dienone is 6. The Labute approximate surface area is 216 Å². The van der Waals surface area contributed by atoms with Gasteiger partial charge in [0.2, 0.25) is 0 Å². The molecular formula is C26H22O4S4. The van der Waals surface area contributed by atoms with Crippen LogP contribution in [0.1, 0.15) is 11.1 Å². The van der Waals surface area contributed by atoms with Gasteiger partial charge in [-0.15, -0.1) is 0 Å². The Hall–Kier alpha value is -2.52. The topological polar surface area (TPSA) is 52.6 Å². The number of carbonyl (C=O) groups excluding carboxylic acids is 2. The maximum atomic E-state index is 12.1. The third-order valence-corrected chi connectivity index (χ3v) is 9.10. The molecule has 2 aliphatic heterocycles. The lowest BCUT2D eigenvalue weighted by atomic mass is 10.1. The molecule has 174 valence electrons. The highest BCUT2D eigenvalue weighted by molar-refractivity contribution is 8.29. The van der Waals surface area contributed by atoms with Crippen LogP contribution in [0.2, 0.25) is 0 Å². The lowest BCUT2D eigenvalue weighted by Gasteiger charge is -2.02. The summed E-state index contributed by atoms with van der Waals surface area (Å²) in [5.41, 5.74) is 2.01. The monoisotopic (exact) mass is 526 g/mol. The second kappa shape index (κ2) is 12.8. The summed E-state index contributed by atoms with van der Waals surface area (Å²) in [7, 11) is 2.58. The van der Waals surface area contributed by atoms with Crippen molar-refractivity contribution in [3.63, 3.8) is 0 Å². The highest BCUT2D eigenvalue weighted by Crippen LogP contribution is 2.52. The molecule has 0 spiro atoms. The summed E-state index contributed by atoms with van der Waals surface area (Å²) >= 11 is 5.83. The maximum absolute atomic E-state index is 12.1. The van der Waals surface area contributed by atoms with E-state index in [4.69, 9.17) is 9.47 Å². The Kier molecular flexibility index (Phi) is 9.83. The molecule has 0 N–H and O–H groups in total. The molecule has 8 heteroatoms. The SMILES string of the molecule is C=C/C=C/C1=C(/C=C/C=C)SC(=Cc2cccc(C=C3SC(C(=O)OC)=C(C(=O)OC)S3)c2)S1. The standard InChI is InChI=1S/C26H22O4S4/c1-5-7-12-19-20(13-8-6-2)32-21(31-19)15-17-10-9-11-18(14-17)16-22-33-23(25(27)29-3)24(34-22)26(28)30-4/h5-16H,1-2H2,3-4H3/b12-7+,13-8+. The molecule has 1 aromatic rings. The van der Waals surface area contributed by atoms with Crippen molar-refractivity contribution < 1.29 is 19.1 Å². The summed E-state index contributed by atoms with van der Waals surface area (Å²) in [5.74, 6) is -1.10. The molecule has 0 radical (unpaired) electrons. The van der Waals surface area contributed by atoms with Crippen LogP contribution >= 0.6 is 47.0 Å². The third-order valence-electron chi connectivity index (χ3n) is 4.26. The molecule has 0 atom stereocenters. The summed E-state index contributed by atoms with van der Waals surface area (Å²) < 4.78 is 11.6. The quantitative estimate of drug-likeness (QED) is 0.255. The van der Waals surface area contributed by atoms with Crippen LogP contribution in [-0.4, -0.2) is 26.2 Å². The minimum absolute atomic E-state index is 0.244. The van der Waals surface area contributed by atoms with E-state index in [-0.39, 0.29) is 9.81 Å². The zero-order valence-corrected chi connectivity index (χ0v) is 21.9. The number of carbonyl (C=O) groups is 2. The average molecular weight is 527 g/mol. The van der Waals surface area contributed by atoms with Crippen molar-refractivity contribution in [3.05, 3.63) is 113 Å². The molecule has 0 aliphatic carbocycles. The van der Waals surface area contributed by atoms with E-state index < -0.39 is 11.9 Å². The fourth-order valence-electron chi connectivity index (χ4n) is 2.78. The Morgan fingerprint density at radius 3 is 1.62 bits per heavy atom. The minimum atomic E-state index is -0.551. The van der Waals surface area contributed by atoms with Crippen LogP contribution < -0.4 is 0 Å². The van der Waals surface area contributed by atoms with Crippen molar-refractivity contribution in [2.45, 2.75) is 0 Å². The molecule has 2 heterocycles. The molecule has 0 fully saturated rings. The molecule has 3 rings (SSSR count). The van der Waals surface area contributed by atoms with E-state index in [9.17, 15) is 9.59 Å². The second-order valence-corrected chi connectivity index (χ2v) is 11.4. The van der Waals surface area contributed by atoms with Gasteiger partial charge < -0.3 is 9.47 Å². The van der Waals surface area contributed by atoms with E-state index in [0.717, 1.165) is 29.4 Å². The summed E-state index contributed by atoms with van der Waals surface area (Å²) in [6.07, 6.45) is 15.6. The maximum Gasteiger partial charge on any atom is 0.346 e. The van der Waals surface area contributed by atoms with Gasteiger partial charge in [0.25, 0.3) is 0 Å². The first-order valence-electron chi connectivity index (χ1n) is 9.97. The second-order valence-electron chi connectivity index (χ2n) is 6.56. The van der Waals surface area contributed by atoms with Crippen LogP contribution in [0.5, 0.6) is 0 Å². The number of hydrogen-bond acceptors (Lipinski definition) is 8. The summed E-state index contributed by atoms with van der Waals surface area (Å²) in [5, 5.41) is 0. The van der Waals surface area contributed by atoms with Gasteiger partial charge in [-0.2, -0.15) is 0 Å². The first-order chi connectivity index (χ1) is 16.5. The molecule has 2 aliphatic rings. The van der Waals surface area contributed by atoms with Crippen LogP contribution in [0.4, 0.5) is 0 Å².